The molecule has 0 bridgehead atoms. The average molecular weight is 284 g/mol. The van der Waals surface area contributed by atoms with Gasteiger partial charge in [-0.25, -0.2) is 4.98 Å². The van der Waals surface area contributed by atoms with Gasteiger partial charge in [0.05, 0.1) is 4.47 Å². The highest BCUT2D eigenvalue weighted by atomic mass is 79.9. The molecule has 2 N–H and O–H groups in total. The van der Waals surface area contributed by atoms with Crippen LogP contribution in [0.3, 0.4) is 0 Å². The minimum absolute atomic E-state index is 0.726. The number of nitrogens with zero attached hydrogens (tertiary/aromatic N) is 1. The second-order valence-electron chi connectivity index (χ2n) is 4.44. The smallest absolute Gasteiger partial charge is 0.140 e. The fourth-order valence-electron chi connectivity index (χ4n) is 2.00. The van der Waals surface area contributed by atoms with E-state index in [-0.39, 0.29) is 0 Å². The Labute approximate surface area is 105 Å². The number of halogens is 1. The van der Waals surface area contributed by atoms with Gasteiger partial charge in [-0.15, -0.1) is 0 Å². The van der Waals surface area contributed by atoms with E-state index in [1.54, 1.807) is 0 Å². The molecule has 1 unspecified atom stereocenters. The van der Waals surface area contributed by atoms with Crippen molar-refractivity contribution < 1.29 is 0 Å². The minimum Gasteiger partial charge on any atom is -0.369 e. The molecule has 88 valence electrons. The Morgan fingerprint density at radius 2 is 2.50 bits per heavy atom. The molecule has 1 aliphatic rings. The molecule has 0 amide bonds. The minimum atomic E-state index is 0.726. The molecule has 0 aromatic carbocycles. The first-order valence-corrected chi connectivity index (χ1v) is 6.62. The van der Waals surface area contributed by atoms with Gasteiger partial charge in [-0.3, -0.25) is 0 Å². The summed E-state index contributed by atoms with van der Waals surface area (Å²) in [6.45, 7) is 5.34. The first kappa shape index (κ1) is 11.9. The normalized spacial score (nSPS) is 20.8. The van der Waals surface area contributed by atoms with Gasteiger partial charge in [0.15, 0.2) is 0 Å². The van der Waals surface area contributed by atoms with Crippen molar-refractivity contribution in [2.75, 3.05) is 25.0 Å². The van der Waals surface area contributed by atoms with E-state index in [9.17, 15) is 0 Å². The second kappa shape index (κ2) is 5.64. The predicted octanol–water partition coefficient (Wildman–Crippen LogP) is 2.56. The van der Waals surface area contributed by atoms with Gasteiger partial charge in [0, 0.05) is 12.7 Å². The van der Waals surface area contributed by atoms with Crippen LogP contribution in [0.2, 0.25) is 0 Å². The highest BCUT2D eigenvalue weighted by Gasteiger charge is 2.13. The Morgan fingerprint density at radius 3 is 3.19 bits per heavy atom. The number of rotatable bonds is 3. The molecule has 1 aliphatic heterocycles. The molecule has 1 saturated heterocycles. The number of aromatic nitrogens is 1. The molecular formula is C12H18BrN3. The average Bonchev–Trinajstić information content (AvgIpc) is 2.29. The third kappa shape index (κ3) is 3.19. The van der Waals surface area contributed by atoms with Crippen LogP contribution in [-0.2, 0) is 0 Å². The number of pyridine rings is 1. The number of aryl methyl sites for hydroxylation is 1. The molecule has 1 aromatic heterocycles. The first-order chi connectivity index (χ1) is 7.75. The molecule has 1 atom stereocenters. The fraction of sp³-hybridized carbons (Fsp3) is 0.583. The molecule has 1 fully saturated rings. The summed E-state index contributed by atoms with van der Waals surface area (Å²) in [6.07, 6.45) is 4.49. The Morgan fingerprint density at radius 1 is 1.62 bits per heavy atom. The maximum absolute atomic E-state index is 4.38. The third-order valence-electron chi connectivity index (χ3n) is 2.94. The van der Waals surface area contributed by atoms with Gasteiger partial charge in [-0.05, 0) is 66.3 Å². The van der Waals surface area contributed by atoms with Crippen LogP contribution in [0.1, 0.15) is 18.4 Å². The Hall–Kier alpha value is -0.610. The molecule has 2 heterocycles. The van der Waals surface area contributed by atoms with Crippen molar-refractivity contribution in [2.24, 2.45) is 5.92 Å². The van der Waals surface area contributed by atoms with Crippen molar-refractivity contribution >= 4 is 21.7 Å². The first-order valence-electron chi connectivity index (χ1n) is 5.82. The van der Waals surface area contributed by atoms with Gasteiger partial charge < -0.3 is 10.6 Å². The lowest BCUT2D eigenvalue weighted by molar-refractivity contribution is 0.392. The van der Waals surface area contributed by atoms with Crippen LogP contribution in [-0.4, -0.2) is 24.6 Å². The van der Waals surface area contributed by atoms with E-state index in [1.807, 2.05) is 13.1 Å². The fourth-order valence-corrected chi connectivity index (χ4v) is 2.61. The summed E-state index contributed by atoms with van der Waals surface area (Å²) in [4.78, 5) is 4.38. The molecule has 16 heavy (non-hydrogen) atoms. The summed E-state index contributed by atoms with van der Waals surface area (Å²) in [5.41, 5.74) is 1.18. The molecular weight excluding hydrogens is 266 g/mol. The summed E-state index contributed by atoms with van der Waals surface area (Å²) >= 11 is 3.53. The molecule has 0 spiro atoms. The van der Waals surface area contributed by atoms with Crippen LogP contribution in [0.15, 0.2) is 16.7 Å². The van der Waals surface area contributed by atoms with Crippen molar-refractivity contribution in [3.63, 3.8) is 0 Å². The third-order valence-corrected chi connectivity index (χ3v) is 3.54. The molecule has 2 rings (SSSR count). The summed E-state index contributed by atoms with van der Waals surface area (Å²) in [5, 5.41) is 6.83. The van der Waals surface area contributed by atoms with E-state index in [0.717, 1.165) is 29.3 Å². The van der Waals surface area contributed by atoms with Crippen molar-refractivity contribution in [1.82, 2.24) is 10.3 Å². The molecule has 0 saturated carbocycles. The lowest BCUT2D eigenvalue weighted by atomic mass is 10.00. The largest absolute Gasteiger partial charge is 0.369 e. The topological polar surface area (TPSA) is 37.0 Å². The zero-order valence-corrected chi connectivity index (χ0v) is 11.2. The number of anilines is 1. The highest BCUT2D eigenvalue weighted by Crippen LogP contribution is 2.21. The van der Waals surface area contributed by atoms with Gasteiger partial charge in [0.25, 0.3) is 0 Å². The van der Waals surface area contributed by atoms with Gasteiger partial charge in [-0.1, -0.05) is 0 Å². The van der Waals surface area contributed by atoms with Gasteiger partial charge in [-0.2, -0.15) is 0 Å². The van der Waals surface area contributed by atoms with Crippen LogP contribution >= 0.6 is 15.9 Å². The Kier molecular flexibility index (Phi) is 4.18. The monoisotopic (exact) mass is 283 g/mol. The van der Waals surface area contributed by atoms with Crippen molar-refractivity contribution in [1.29, 1.82) is 0 Å². The quantitative estimate of drug-likeness (QED) is 0.895. The predicted molar refractivity (Wildman–Crippen MR) is 70.8 cm³/mol. The van der Waals surface area contributed by atoms with E-state index in [4.69, 9.17) is 0 Å². The van der Waals surface area contributed by atoms with Crippen molar-refractivity contribution in [3.05, 3.63) is 22.3 Å². The SMILES string of the molecule is Cc1cnc(NCC2CCCNC2)c(Br)c1. The standard InChI is InChI=1S/C12H18BrN3/c1-9-5-11(13)12(15-6-9)16-8-10-3-2-4-14-7-10/h5-6,10,14H,2-4,7-8H2,1H3,(H,15,16). The van der Waals surface area contributed by atoms with Crippen LogP contribution in [0.4, 0.5) is 5.82 Å². The van der Waals surface area contributed by atoms with Gasteiger partial charge >= 0.3 is 0 Å². The Balaban J connectivity index is 1.88. The molecule has 0 radical (unpaired) electrons. The van der Waals surface area contributed by atoms with Crippen LogP contribution in [0.5, 0.6) is 0 Å². The van der Waals surface area contributed by atoms with E-state index < -0.39 is 0 Å². The van der Waals surface area contributed by atoms with E-state index in [1.165, 1.54) is 24.9 Å². The van der Waals surface area contributed by atoms with E-state index in [0.29, 0.717) is 0 Å². The summed E-state index contributed by atoms with van der Waals surface area (Å²) in [5.74, 6) is 1.68. The maximum Gasteiger partial charge on any atom is 0.140 e. The van der Waals surface area contributed by atoms with Gasteiger partial charge in [0.1, 0.15) is 5.82 Å². The van der Waals surface area contributed by atoms with Gasteiger partial charge in [0.2, 0.25) is 0 Å². The number of nitrogens with one attached hydrogen (secondary N) is 2. The molecule has 3 nitrogen and oxygen atoms in total. The lowest BCUT2D eigenvalue weighted by Crippen LogP contribution is -2.33. The maximum atomic E-state index is 4.38. The summed E-state index contributed by atoms with van der Waals surface area (Å²) in [7, 11) is 0. The number of hydrogen-bond donors (Lipinski definition) is 2. The van der Waals surface area contributed by atoms with E-state index in [2.05, 4.69) is 37.6 Å². The van der Waals surface area contributed by atoms with Crippen LogP contribution < -0.4 is 10.6 Å². The van der Waals surface area contributed by atoms with Crippen molar-refractivity contribution in [2.45, 2.75) is 19.8 Å². The molecule has 0 aliphatic carbocycles. The molecule has 1 aromatic rings. The highest BCUT2D eigenvalue weighted by molar-refractivity contribution is 9.10. The Bertz CT molecular complexity index is 348. The zero-order valence-electron chi connectivity index (χ0n) is 9.59. The second-order valence-corrected chi connectivity index (χ2v) is 5.29. The summed E-state index contributed by atoms with van der Waals surface area (Å²) in [6, 6.07) is 2.09. The van der Waals surface area contributed by atoms with Crippen LogP contribution in [0.25, 0.3) is 0 Å². The zero-order chi connectivity index (χ0) is 11.4. The van der Waals surface area contributed by atoms with Crippen molar-refractivity contribution in [3.8, 4) is 0 Å². The lowest BCUT2D eigenvalue weighted by Gasteiger charge is -2.23. The molecule has 4 heteroatoms. The number of hydrogen-bond acceptors (Lipinski definition) is 3. The number of piperidine rings is 1. The van der Waals surface area contributed by atoms with E-state index >= 15 is 0 Å². The summed E-state index contributed by atoms with van der Waals surface area (Å²) < 4.78 is 1.05. The van der Waals surface area contributed by atoms with Crippen LogP contribution in [0, 0.1) is 12.8 Å².